The van der Waals surface area contributed by atoms with E-state index in [4.69, 9.17) is 11.6 Å². The van der Waals surface area contributed by atoms with Crippen LogP contribution in [0.1, 0.15) is 28.3 Å². The summed E-state index contributed by atoms with van der Waals surface area (Å²) in [5, 5.41) is 14.0. The molecule has 0 bridgehead atoms. The van der Waals surface area contributed by atoms with E-state index in [0.717, 1.165) is 28.0 Å². The highest BCUT2D eigenvalue weighted by molar-refractivity contribution is 7.17. The summed E-state index contributed by atoms with van der Waals surface area (Å²) >= 11 is 7.40. The lowest BCUT2D eigenvalue weighted by Crippen LogP contribution is -2.14. The lowest BCUT2D eigenvalue weighted by atomic mass is 10.0. The van der Waals surface area contributed by atoms with Gasteiger partial charge in [0.1, 0.15) is 11.1 Å². The molecule has 1 heterocycles. The van der Waals surface area contributed by atoms with Crippen LogP contribution in [0, 0.1) is 24.2 Å². The maximum atomic E-state index is 12.7. The number of anilines is 1. The molecule has 3 aromatic rings. The van der Waals surface area contributed by atoms with Crippen LogP contribution < -0.4 is 5.32 Å². The Labute approximate surface area is 167 Å². The standard InChI is InChI=1S/C22H17ClN2OS/c1-13-20(15-5-3-2-4-6-15)19(12-24)22(27-13)25-21(26)18-11-17(18)14-7-9-16(23)10-8-14/h2-10,17-18H,11H2,1H3,(H,25,26)/t17-,18-/m1/s1. The molecule has 2 aromatic carbocycles. The van der Waals surface area contributed by atoms with Gasteiger partial charge in [0.05, 0.1) is 5.56 Å². The molecule has 1 aromatic heterocycles. The first-order chi connectivity index (χ1) is 13.1. The zero-order chi connectivity index (χ0) is 19.0. The second kappa shape index (κ2) is 7.19. The molecule has 0 aliphatic heterocycles. The second-order valence-electron chi connectivity index (χ2n) is 6.70. The summed E-state index contributed by atoms with van der Waals surface area (Å²) in [6.07, 6.45) is 0.825. The molecule has 134 valence electrons. The summed E-state index contributed by atoms with van der Waals surface area (Å²) in [6, 6.07) is 19.8. The first kappa shape index (κ1) is 17.8. The van der Waals surface area contributed by atoms with E-state index >= 15 is 0 Å². The zero-order valence-corrected chi connectivity index (χ0v) is 16.3. The van der Waals surface area contributed by atoms with Crippen molar-refractivity contribution in [1.29, 1.82) is 5.26 Å². The fourth-order valence-corrected chi connectivity index (χ4v) is 4.62. The minimum atomic E-state index is -0.0553. The van der Waals surface area contributed by atoms with Crippen LogP contribution in [-0.4, -0.2) is 5.91 Å². The minimum absolute atomic E-state index is 0.0210. The molecule has 27 heavy (non-hydrogen) atoms. The summed E-state index contributed by atoms with van der Waals surface area (Å²) in [4.78, 5) is 13.7. The Morgan fingerprint density at radius 2 is 1.89 bits per heavy atom. The van der Waals surface area contributed by atoms with Crippen molar-refractivity contribution in [1.82, 2.24) is 0 Å². The lowest BCUT2D eigenvalue weighted by molar-refractivity contribution is -0.117. The monoisotopic (exact) mass is 392 g/mol. The number of hydrogen-bond acceptors (Lipinski definition) is 3. The molecule has 1 aliphatic carbocycles. The van der Waals surface area contributed by atoms with Crippen molar-refractivity contribution < 1.29 is 4.79 Å². The van der Waals surface area contributed by atoms with Crippen LogP contribution in [0.15, 0.2) is 54.6 Å². The first-order valence-corrected chi connectivity index (χ1v) is 9.93. The van der Waals surface area contributed by atoms with E-state index in [1.54, 1.807) is 0 Å². The number of aryl methyl sites for hydroxylation is 1. The molecule has 1 aliphatic rings. The number of nitrogens with zero attached hydrogens (tertiary/aromatic N) is 1. The fourth-order valence-electron chi connectivity index (χ4n) is 3.46. The predicted molar refractivity (Wildman–Crippen MR) is 110 cm³/mol. The molecule has 0 spiro atoms. The summed E-state index contributed by atoms with van der Waals surface area (Å²) in [7, 11) is 0. The van der Waals surface area contributed by atoms with Crippen LogP contribution in [0.5, 0.6) is 0 Å². The Hall–Kier alpha value is -2.61. The third-order valence-electron chi connectivity index (χ3n) is 4.92. The zero-order valence-electron chi connectivity index (χ0n) is 14.7. The van der Waals surface area contributed by atoms with Crippen molar-refractivity contribution in [2.45, 2.75) is 19.3 Å². The number of carbonyl (C=O) groups excluding carboxylic acids is 1. The predicted octanol–water partition coefficient (Wildman–Crippen LogP) is 5.99. The van der Waals surface area contributed by atoms with Gasteiger partial charge in [-0.15, -0.1) is 11.3 Å². The molecular weight excluding hydrogens is 376 g/mol. The average molecular weight is 393 g/mol. The summed E-state index contributed by atoms with van der Waals surface area (Å²) in [6.45, 7) is 1.98. The van der Waals surface area contributed by atoms with Gasteiger partial charge in [0.25, 0.3) is 0 Å². The van der Waals surface area contributed by atoms with E-state index in [1.165, 1.54) is 11.3 Å². The third-order valence-corrected chi connectivity index (χ3v) is 6.19. The van der Waals surface area contributed by atoms with Gasteiger partial charge in [0.15, 0.2) is 0 Å². The largest absolute Gasteiger partial charge is 0.316 e. The number of hydrogen-bond donors (Lipinski definition) is 1. The van der Waals surface area contributed by atoms with Crippen LogP contribution in [0.2, 0.25) is 5.02 Å². The van der Waals surface area contributed by atoms with E-state index in [1.807, 2.05) is 61.5 Å². The van der Waals surface area contributed by atoms with Crippen LogP contribution >= 0.6 is 22.9 Å². The van der Waals surface area contributed by atoms with Crippen LogP contribution in [0.25, 0.3) is 11.1 Å². The van der Waals surface area contributed by atoms with Crippen molar-refractivity contribution >= 4 is 33.8 Å². The summed E-state index contributed by atoms with van der Waals surface area (Å²) < 4.78 is 0. The van der Waals surface area contributed by atoms with Gasteiger partial charge in [-0.1, -0.05) is 54.1 Å². The van der Waals surface area contributed by atoms with E-state index < -0.39 is 0 Å². The molecule has 1 saturated carbocycles. The van der Waals surface area contributed by atoms with Crippen molar-refractivity contribution in [3.05, 3.63) is 75.6 Å². The molecule has 3 nitrogen and oxygen atoms in total. The normalized spacial score (nSPS) is 18.0. The Kier molecular flexibility index (Phi) is 4.73. The molecule has 1 fully saturated rings. The highest BCUT2D eigenvalue weighted by Crippen LogP contribution is 2.49. The van der Waals surface area contributed by atoms with E-state index in [2.05, 4.69) is 11.4 Å². The van der Waals surface area contributed by atoms with Crippen molar-refractivity contribution in [2.24, 2.45) is 5.92 Å². The number of nitrogens with one attached hydrogen (secondary N) is 1. The van der Waals surface area contributed by atoms with Crippen molar-refractivity contribution in [2.75, 3.05) is 5.32 Å². The smallest absolute Gasteiger partial charge is 0.228 e. The van der Waals surface area contributed by atoms with E-state index in [0.29, 0.717) is 15.6 Å². The van der Waals surface area contributed by atoms with Gasteiger partial charge in [-0.05, 0) is 42.5 Å². The molecule has 1 N–H and O–H groups in total. The molecule has 2 atom stereocenters. The van der Waals surface area contributed by atoms with Crippen molar-refractivity contribution in [3.63, 3.8) is 0 Å². The third kappa shape index (κ3) is 3.49. The molecule has 0 saturated heterocycles. The highest BCUT2D eigenvalue weighted by Gasteiger charge is 2.44. The fraction of sp³-hybridized carbons (Fsp3) is 0.182. The Morgan fingerprint density at radius 3 is 2.56 bits per heavy atom. The Morgan fingerprint density at radius 1 is 1.19 bits per heavy atom. The highest BCUT2D eigenvalue weighted by atomic mass is 35.5. The molecular formula is C22H17ClN2OS. The van der Waals surface area contributed by atoms with Gasteiger partial charge in [0.2, 0.25) is 5.91 Å². The number of benzene rings is 2. The Bertz CT molecular complexity index is 1030. The number of nitriles is 1. The molecule has 0 radical (unpaired) electrons. The number of thiophene rings is 1. The quantitative estimate of drug-likeness (QED) is 0.592. The van der Waals surface area contributed by atoms with Crippen LogP contribution in [0.3, 0.4) is 0 Å². The lowest BCUT2D eigenvalue weighted by Gasteiger charge is -2.05. The Balaban J connectivity index is 1.54. The number of rotatable bonds is 4. The minimum Gasteiger partial charge on any atom is -0.316 e. The maximum absolute atomic E-state index is 12.7. The van der Waals surface area contributed by atoms with Crippen LogP contribution in [0.4, 0.5) is 5.00 Å². The molecule has 1 amide bonds. The van der Waals surface area contributed by atoms with Gasteiger partial charge in [-0.25, -0.2) is 0 Å². The number of halogens is 1. The van der Waals surface area contributed by atoms with Gasteiger partial charge in [0, 0.05) is 21.4 Å². The SMILES string of the molecule is Cc1sc(NC(=O)[C@@H]2C[C@@H]2c2ccc(Cl)cc2)c(C#N)c1-c1ccccc1. The van der Waals surface area contributed by atoms with Gasteiger partial charge >= 0.3 is 0 Å². The summed E-state index contributed by atoms with van der Waals surface area (Å²) in [5.74, 6) is 0.148. The second-order valence-corrected chi connectivity index (χ2v) is 8.37. The van der Waals surface area contributed by atoms with E-state index in [-0.39, 0.29) is 17.7 Å². The number of carbonyl (C=O) groups is 1. The van der Waals surface area contributed by atoms with Crippen molar-refractivity contribution in [3.8, 4) is 17.2 Å². The molecule has 5 heteroatoms. The topological polar surface area (TPSA) is 52.9 Å². The molecule has 0 unspecified atom stereocenters. The summed E-state index contributed by atoms with van der Waals surface area (Å²) in [5.41, 5.74) is 3.57. The average Bonchev–Trinajstić information content (AvgIpc) is 3.41. The van der Waals surface area contributed by atoms with Gasteiger partial charge in [-0.3, -0.25) is 4.79 Å². The van der Waals surface area contributed by atoms with Gasteiger partial charge in [-0.2, -0.15) is 5.26 Å². The first-order valence-electron chi connectivity index (χ1n) is 8.73. The van der Waals surface area contributed by atoms with E-state index in [9.17, 15) is 10.1 Å². The van der Waals surface area contributed by atoms with Crippen LogP contribution in [-0.2, 0) is 4.79 Å². The maximum Gasteiger partial charge on any atom is 0.228 e. The number of amides is 1. The van der Waals surface area contributed by atoms with Gasteiger partial charge < -0.3 is 5.32 Å². The molecule has 4 rings (SSSR count).